The van der Waals surface area contributed by atoms with Gasteiger partial charge >= 0.3 is 0 Å². The largest absolute Gasteiger partial charge is 0.758 e. The molecule has 4 N–H and O–H groups in total. The van der Waals surface area contributed by atoms with Crippen LogP contribution in [0.4, 0.5) is 0 Å². The highest BCUT2D eigenvalue weighted by Gasteiger charge is 2.35. The van der Waals surface area contributed by atoms with Crippen molar-refractivity contribution in [3.05, 3.63) is 78.3 Å². The third-order valence-electron chi connectivity index (χ3n) is 3.46. The Bertz CT molecular complexity index is 665. The van der Waals surface area contributed by atoms with Crippen LogP contribution in [-0.2, 0) is 0 Å². The summed E-state index contributed by atoms with van der Waals surface area (Å²) in [6.45, 7) is 13.5. The Kier molecular flexibility index (Phi) is 17.6. The van der Waals surface area contributed by atoms with E-state index < -0.39 is 27.2 Å². The molecule has 1 aromatic rings. The van der Waals surface area contributed by atoms with Crippen LogP contribution in [0.25, 0.3) is 10.8 Å². The lowest BCUT2D eigenvalue weighted by Crippen LogP contribution is -2.82. The third kappa shape index (κ3) is 12.0. The normalized spacial score (nSPS) is 9.93. The number of nitrogens with two attached hydrogens (primary N) is 2. The molecule has 1 aromatic carbocycles. The minimum Gasteiger partial charge on any atom is -0.758 e. The number of nitro groups is 2. The van der Waals surface area contributed by atoms with Crippen molar-refractivity contribution in [3.8, 4) is 0 Å². The van der Waals surface area contributed by atoms with Gasteiger partial charge in [0.05, 0.1) is 36.0 Å². The van der Waals surface area contributed by atoms with Crippen LogP contribution in [0, 0.1) is 20.2 Å². The van der Waals surface area contributed by atoms with E-state index in [1.54, 1.807) is 6.07 Å². The van der Waals surface area contributed by atoms with E-state index in [1.165, 1.54) is 62.2 Å². The van der Waals surface area contributed by atoms with E-state index in [0.717, 1.165) is 0 Å². The maximum Gasteiger partial charge on any atom is 0.284 e. The second kappa shape index (κ2) is 18.2. The number of hydrogen-bond acceptors (Lipinski definition) is 4. The number of benzene rings is 1. The van der Waals surface area contributed by atoms with Gasteiger partial charge in [-0.1, -0.05) is 30.3 Å². The van der Waals surface area contributed by atoms with Crippen molar-refractivity contribution < 1.29 is 20.5 Å². The van der Waals surface area contributed by atoms with Crippen molar-refractivity contribution >= 4 is 11.7 Å². The second-order valence-corrected chi connectivity index (χ2v) is 5.56. The van der Waals surface area contributed by atoms with Gasteiger partial charge < -0.3 is 21.5 Å². The van der Waals surface area contributed by atoms with Gasteiger partial charge in [0.1, 0.15) is 0 Å². The Hall–Kier alpha value is -3.16. The van der Waals surface area contributed by atoms with Crippen LogP contribution in [0.2, 0.25) is 0 Å². The highest BCUT2D eigenvalue weighted by molar-refractivity contribution is 5.68. The molecule has 0 bridgehead atoms. The van der Waals surface area contributed by atoms with Gasteiger partial charge in [-0.25, -0.2) is 0 Å². The summed E-state index contributed by atoms with van der Waals surface area (Å²) in [5.41, 5.74) is -1.78. The van der Waals surface area contributed by atoms with E-state index >= 15 is 0 Å². The van der Waals surface area contributed by atoms with Crippen LogP contribution < -0.4 is 10.6 Å². The predicted molar refractivity (Wildman–Crippen MR) is 113 cm³/mol. The smallest absolute Gasteiger partial charge is 0.284 e. The predicted octanol–water partition coefficient (Wildman–Crippen LogP) is 0.749. The van der Waals surface area contributed by atoms with Gasteiger partial charge in [-0.05, 0) is 33.3 Å². The first kappa shape index (κ1) is 28.1. The van der Waals surface area contributed by atoms with Crippen molar-refractivity contribution in [1.29, 1.82) is 0 Å². The Morgan fingerprint density at radius 2 is 1.21 bits per heavy atom. The lowest BCUT2D eigenvalue weighted by Gasteiger charge is -2.11. The highest BCUT2D eigenvalue weighted by atomic mass is 16.6. The SMILES string of the molecule is CC[NH2+]CC.CC[NH2+]CC.[N-]=C=C(C(C(=C=[N-])[N+](=O)[O-])c1ccccc1)[N+](=O)[O-]. The average Bonchev–Trinajstić information content (AvgIpc) is 2.70. The molecule has 10 nitrogen and oxygen atoms in total. The summed E-state index contributed by atoms with van der Waals surface area (Å²) in [6.07, 6.45) is 0. The fraction of sp³-hybridized carbons (Fsp3) is 0.474. The monoisotopic (exact) mass is 406 g/mol. The van der Waals surface area contributed by atoms with Crippen molar-refractivity contribution in [1.82, 2.24) is 0 Å². The van der Waals surface area contributed by atoms with E-state index in [0.29, 0.717) is 0 Å². The third-order valence-corrected chi connectivity index (χ3v) is 3.46. The molecule has 0 amide bonds. The summed E-state index contributed by atoms with van der Waals surface area (Å²) in [6, 6.07) is 7.38. The van der Waals surface area contributed by atoms with Gasteiger partial charge in [0.15, 0.2) is 5.92 Å². The van der Waals surface area contributed by atoms with Crippen molar-refractivity contribution in [2.75, 3.05) is 26.2 Å². The van der Waals surface area contributed by atoms with Crippen LogP contribution in [0.5, 0.6) is 0 Å². The van der Waals surface area contributed by atoms with Gasteiger partial charge in [0.25, 0.3) is 11.4 Å². The zero-order valence-electron chi connectivity index (χ0n) is 17.4. The molecule has 0 aliphatic carbocycles. The summed E-state index contributed by atoms with van der Waals surface area (Å²) < 4.78 is 0. The van der Waals surface area contributed by atoms with Crippen LogP contribution in [-0.4, -0.2) is 47.8 Å². The Balaban J connectivity index is 0. The summed E-state index contributed by atoms with van der Waals surface area (Å²) in [5.74, 6) is 1.04. The second-order valence-electron chi connectivity index (χ2n) is 5.56. The highest BCUT2D eigenvalue weighted by Crippen LogP contribution is 2.29. The fourth-order valence-electron chi connectivity index (χ4n) is 2.09. The van der Waals surface area contributed by atoms with Gasteiger partial charge in [-0.3, -0.25) is 20.2 Å². The van der Waals surface area contributed by atoms with Crippen LogP contribution in [0.3, 0.4) is 0 Å². The topological polar surface area (TPSA) is 164 Å². The Morgan fingerprint density at radius 3 is 1.41 bits per heavy atom. The Labute approximate surface area is 171 Å². The zero-order valence-corrected chi connectivity index (χ0v) is 17.4. The lowest BCUT2D eigenvalue weighted by molar-refractivity contribution is -0.648. The molecule has 0 aromatic heterocycles. The molecular formula is C19H30N6O4. The first-order valence-electron chi connectivity index (χ1n) is 9.36. The summed E-state index contributed by atoms with van der Waals surface area (Å²) in [5, 5.41) is 43.6. The van der Waals surface area contributed by atoms with Crippen LogP contribution >= 0.6 is 0 Å². The summed E-state index contributed by atoms with van der Waals surface area (Å²) in [7, 11) is 0. The van der Waals surface area contributed by atoms with Crippen molar-refractivity contribution in [2.45, 2.75) is 33.6 Å². The molecule has 0 spiro atoms. The van der Waals surface area contributed by atoms with E-state index in [1.807, 2.05) is 0 Å². The number of quaternary nitrogens is 2. The van der Waals surface area contributed by atoms with Crippen LogP contribution in [0.15, 0.2) is 41.7 Å². The molecule has 160 valence electrons. The maximum atomic E-state index is 10.8. The molecule has 0 aliphatic heterocycles. The van der Waals surface area contributed by atoms with Gasteiger partial charge in [-0.15, -0.1) is 0 Å². The molecule has 0 fully saturated rings. The summed E-state index contributed by atoms with van der Waals surface area (Å²) >= 11 is 0. The van der Waals surface area contributed by atoms with E-state index in [4.69, 9.17) is 10.8 Å². The standard InChI is InChI=1S/C11H6N4O4.2C4H11N/c12-6-9(14(16)17)11(10(7-13)15(18)19)8-4-2-1-3-5-8;2*1-3-5-4-2/h1-5,11H;2*5H,3-4H2,1-2H3/q-2;;/p+2. The quantitative estimate of drug-likeness (QED) is 0.351. The molecule has 0 radical (unpaired) electrons. The minimum atomic E-state index is -1.58. The molecule has 0 atom stereocenters. The molecule has 10 heteroatoms. The molecule has 0 unspecified atom stereocenters. The lowest BCUT2D eigenvalue weighted by atomic mass is 9.93. The molecule has 0 saturated carbocycles. The first-order chi connectivity index (χ1) is 13.9. The Morgan fingerprint density at radius 1 is 0.862 bits per heavy atom. The molecule has 0 saturated heterocycles. The summed E-state index contributed by atoms with van der Waals surface area (Å²) in [4.78, 5) is 19.5. The van der Waals surface area contributed by atoms with Crippen molar-refractivity contribution in [2.24, 2.45) is 0 Å². The number of hydrogen-bond donors (Lipinski definition) is 2. The van der Waals surface area contributed by atoms with Gasteiger partial charge in [0.2, 0.25) is 0 Å². The fourth-order valence-corrected chi connectivity index (χ4v) is 2.09. The van der Waals surface area contributed by atoms with Gasteiger partial charge in [0, 0.05) is 0 Å². The first-order valence-corrected chi connectivity index (χ1v) is 9.36. The average molecular weight is 406 g/mol. The van der Waals surface area contributed by atoms with E-state index in [9.17, 15) is 20.2 Å². The van der Waals surface area contributed by atoms with E-state index in [2.05, 4.69) is 38.3 Å². The number of rotatable bonds is 9. The molecule has 0 aliphatic rings. The van der Waals surface area contributed by atoms with Crippen LogP contribution in [0.1, 0.15) is 39.2 Å². The molecular weight excluding hydrogens is 376 g/mol. The molecule has 29 heavy (non-hydrogen) atoms. The van der Waals surface area contributed by atoms with Crippen molar-refractivity contribution in [3.63, 3.8) is 0 Å². The number of nitrogens with zero attached hydrogens (tertiary/aromatic N) is 4. The van der Waals surface area contributed by atoms with Gasteiger partial charge in [-0.2, -0.15) is 11.7 Å². The van der Waals surface area contributed by atoms with E-state index in [-0.39, 0.29) is 5.56 Å². The minimum absolute atomic E-state index is 0.143. The molecule has 0 heterocycles. The molecule has 1 rings (SSSR count). The maximum absolute atomic E-state index is 10.8. The zero-order chi connectivity index (χ0) is 22.7.